The van der Waals surface area contributed by atoms with Gasteiger partial charge in [-0.3, -0.25) is 0 Å². The summed E-state index contributed by atoms with van der Waals surface area (Å²) in [5.41, 5.74) is 7.30. The third-order valence-electron chi connectivity index (χ3n) is 1.63. The van der Waals surface area contributed by atoms with Crippen LogP contribution in [0.4, 0.5) is 11.5 Å². The maximum Gasteiger partial charge on any atom is 0.126 e. The SMILES string of the molecule is Cc1nc(NC(C)(C)C)ccc1N. The van der Waals surface area contributed by atoms with Crippen LogP contribution in [0.2, 0.25) is 0 Å². The summed E-state index contributed by atoms with van der Waals surface area (Å²) in [6, 6.07) is 3.77. The highest BCUT2D eigenvalue weighted by Gasteiger charge is 2.10. The van der Waals surface area contributed by atoms with E-state index in [1.54, 1.807) is 0 Å². The molecule has 0 saturated heterocycles. The summed E-state index contributed by atoms with van der Waals surface area (Å²) in [4.78, 5) is 4.32. The van der Waals surface area contributed by atoms with E-state index in [2.05, 4.69) is 31.1 Å². The molecular formula is C10H17N3. The Bertz CT molecular complexity index is 300. The molecule has 1 rings (SSSR count). The smallest absolute Gasteiger partial charge is 0.126 e. The maximum atomic E-state index is 5.66. The Kier molecular flexibility index (Phi) is 2.45. The number of nitrogens with two attached hydrogens (primary N) is 1. The third kappa shape index (κ3) is 2.93. The summed E-state index contributed by atoms with van der Waals surface area (Å²) in [6.45, 7) is 8.20. The molecule has 0 atom stereocenters. The lowest BCUT2D eigenvalue weighted by Gasteiger charge is -2.21. The molecule has 1 aromatic heterocycles. The predicted molar refractivity (Wildman–Crippen MR) is 56.8 cm³/mol. The van der Waals surface area contributed by atoms with Crippen LogP contribution in [0.25, 0.3) is 0 Å². The van der Waals surface area contributed by atoms with Gasteiger partial charge in [-0.15, -0.1) is 0 Å². The van der Waals surface area contributed by atoms with Gasteiger partial charge in [0.05, 0.1) is 11.4 Å². The standard InChI is InChI=1S/C10H17N3/c1-7-8(11)5-6-9(12-7)13-10(2,3)4/h5-6H,11H2,1-4H3,(H,12,13). The molecular weight excluding hydrogens is 162 g/mol. The van der Waals surface area contributed by atoms with E-state index in [-0.39, 0.29) is 5.54 Å². The molecule has 0 aliphatic heterocycles. The second-order valence-corrected chi connectivity index (χ2v) is 4.25. The lowest BCUT2D eigenvalue weighted by atomic mass is 10.1. The number of nitrogens with one attached hydrogen (secondary N) is 1. The average Bonchev–Trinajstić information content (AvgIpc) is 1.94. The molecule has 0 saturated carbocycles. The molecule has 3 nitrogen and oxygen atoms in total. The lowest BCUT2D eigenvalue weighted by molar-refractivity contribution is 0.630. The van der Waals surface area contributed by atoms with Gasteiger partial charge < -0.3 is 11.1 Å². The van der Waals surface area contributed by atoms with E-state index in [4.69, 9.17) is 5.73 Å². The van der Waals surface area contributed by atoms with Crippen LogP contribution in [0, 0.1) is 6.92 Å². The zero-order valence-corrected chi connectivity index (χ0v) is 8.68. The van der Waals surface area contributed by atoms with Crippen LogP contribution in [0.15, 0.2) is 12.1 Å². The zero-order chi connectivity index (χ0) is 10.1. The molecule has 3 N–H and O–H groups in total. The Morgan fingerprint density at radius 2 is 1.92 bits per heavy atom. The van der Waals surface area contributed by atoms with Crippen LogP contribution < -0.4 is 11.1 Å². The fourth-order valence-electron chi connectivity index (χ4n) is 1.03. The van der Waals surface area contributed by atoms with Gasteiger partial charge in [-0.2, -0.15) is 0 Å². The first-order valence-corrected chi connectivity index (χ1v) is 4.40. The number of hydrogen-bond acceptors (Lipinski definition) is 3. The Morgan fingerprint density at radius 1 is 1.31 bits per heavy atom. The molecule has 0 spiro atoms. The van der Waals surface area contributed by atoms with E-state index >= 15 is 0 Å². The highest BCUT2D eigenvalue weighted by Crippen LogP contribution is 2.15. The lowest BCUT2D eigenvalue weighted by Crippen LogP contribution is -2.26. The first-order chi connectivity index (χ1) is 5.88. The van der Waals surface area contributed by atoms with Gasteiger partial charge in [0.25, 0.3) is 0 Å². The number of aromatic nitrogens is 1. The molecule has 0 aliphatic carbocycles. The van der Waals surface area contributed by atoms with Crippen LogP contribution in [0.5, 0.6) is 0 Å². The van der Waals surface area contributed by atoms with Crippen molar-refractivity contribution < 1.29 is 0 Å². The molecule has 1 heterocycles. The molecule has 0 radical (unpaired) electrons. The summed E-state index contributed by atoms with van der Waals surface area (Å²) in [6.07, 6.45) is 0. The molecule has 0 fully saturated rings. The average molecular weight is 179 g/mol. The Morgan fingerprint density at radius 3 is 2.38 bits per heavy atom. The van der Waals surface area contributed by atoms with Crippen molar-refractivity contribution in [2.45, 2.75) is 33.2 Å². The summed E-state index contributed by atoms with van der Waals surface area (Å²) >= 11 is 0. The van der Waals surface area contributed by atoms with Gasteiger partial charge in [-0.25, -0.2) is 4.98 Å². The van der Waals surface area contributed by atoms with E-state index in [9.17, 15) is 0 Å². The first kappa shape index (κ1) is 9.84. The fraction of sp³-hybridized carbons (Fsp3) is 0.500. The fourth-order valence-corrected chi connectivity index (χ4v) is 1.03. The van der Waals surface area contributed by atoms with E-state index in [0.29, 0.717) is 0 Å². The molecule has 0 aromatic carbocycles. The zero-order valence-electron chi connectivity index (χ0n) is 8.68. The molecule has 1 aromatic rings. The monoisotopic (exact) mass is 179 g/mol. The summed E-state index contributed by atoms with van der Waals surface area (Å²) < 4.78 is 0. The Labute approximate surface area is 79.4 Å². The minimum atomic E-state index is 0.0373. The minimum absolute atomic E-state index is 0.0373. The second-order valence-electron chi connectivity index (χ2n) is 4.25. The van der Waals surface area contributed by atoms with Crippen LogP contribution in [-0.2, 0) is 0 Å². The summed E-state index contributed by atoms with van der Waals surface area (Å²) in [7, 11) is 0. The minimum Gasteiger partial charge on any atom is -0.397 e. The summed E-state index contributed by atoms with van der Waals surface area (Å²) in [5, 5.41) is 3.28. The number of anilines is 2. The van der Waals surface area contributed by atoms with Gasteiger partial charge in [0.1, 0.15) is 5.82 Å². The number of aryl methyl sites for hydroxylation is 1. The third-order valence-corrected chi connectivity index (χ3v) is 1.63. The Balaban J connectivity index is 2.86. The van der Waals surface area contributed by atoms with Crippen molar-refractivity contribution in [1.29, 1.82) is 0 Å². The predicted octanol–water partition coefficient (Wildman–Crippen LogP) is 2.18. The van der Waals surface area contributed by atoms with Crippen molar-refractivity contribution in [3.8, 4) is 0 Å². The van der Waals surface area contributed by atoms with E-state index in [1.165, 1.54) is 0 Å². The van der Waals surface area contributed by atoms with Gasteiger partial charge in [-0.05, 0) is 39.8 Å². The van der Waals surface area contributed by atoms with Gasteiger partial charge >= 0.3 is 0 Å². The van der Waals surface area contributed by atoms with Crippen LogP contribution >= 0.6 is 0 Å². The van der Waals surface area contributed by atoms with Crippen LogP contribution in [-0.4, -0.2) is 10.5 Å². The second kappa shape index (κ2) is 3.24. The number of hydrogen-bond donors (Lipinski definition) is 2. The highest BCUT2D eigenvalue weighted by molar-refractivity contribution is 5.49. The molecule has 13 heavy (non-hydrogen) atoms. The largest absolute Gasteiger partial charge is 0.397 e. The molecule has 0 aliphatic rings. The summed E-state index contributed by atoms with van der Waals surface area (Å²) in [5.74, 6) is 0.874. The number of rotatable bonds is 1. The van der Waals surface area contributed by atoms with Crippen molar-refractivity contribution in [2.24, 2.45) is 0 Å². The number of pyridine rings is 1. The van der Waals surface area contributed by atoms with Crippen molar-refractivity contribution in [3.05, 3.63) is 17.8 Å². The first-order valence-electron chi connectivity index (χ1n) is 4.40. The van der Waals surface area contributed by atoms with Gasteiger partial charge in [0.2, 0.25) is 0 Å². The van der Waals surface area contributed by atoms with E-state index < -0.39 is 0 Å². The van der Waals surface area contributed by atoms with Crippen molar-refractivity contribution in [1.82, 2.24) is 4.98 Å². The molecule has 3 heteroatoms. The quantitative estimate of drug-likeness (QED) is 0.694. The number of nitrogen functional groups attached to an aromatic ring is 1. The molecule has 0 bridgehead atoms. The van der Waals surface area contributed by atoms with E-state index in [0.717, 1.165) is 17.2 Å². The normalized spacial score (nSPS) is 11.4. The van der Waals surface area contributed by atoms with Crippen molar-refractivity contribution in [2.75, 3.05) is 11.1 Å². The number of nitrogens with zero attached hydrogens (tertiary/aromatic N) is 1. The van der Waals surface area contributed by atoms with Crippen LogP contribution in [0.1, 0.15) is 26.5 Å². The van der Waals surface area contributed by atoms with Crippen molar-refractivity contribution in [3.63, 3.8) is 0 Å². The van der Waals surface area contributed by atoms with Crippen LogP contribution in [0.3, 0.4) is 0 Å². The molecule has 0 amide bonds. The maximum absolute atomic E-state index is 5.66. The molecule has 72 valence electrons. The van der Waals surface area contributed by atoms with Gasteiger partial charge in [-0.1, -0.05) is 0 Å². The van der Waals surface area contributed by atoms with E-state index in [1.807, 2.05) is 19.1 Å². The van der Waals surface area contributed by atoms with Gasteiger partial charge in [0.15, 0.2) is 0 Å². The van der Waals surface area contributed by atoms with Gasteiger partial charge in [0, 0.05) is 5.54 Å². The van der Waals surface area contributed by atoms with Crippen molar-refractivity contribution >= 4 is 11.5 Å². The topological polar surface area (TPSA) is 50.9 Å². The highest BCUT2D eigenvalue weighted by atomic mass is 15.0. The Hall–Kier alpha value is -1.25. The molecule has 0 unspecified atom stereocenters.